The van der Waals surface area contributed by atoms with E-state index in [2.05, 4.69) is 106 Å². The minimum atomic E-state index is 0.105. The van der Waals surface area contributed by atoms with Crippen LogP contribution >= 0.6 is 0 Å². The van der Waals surface area contributed by atoms with Gasteiger partial charge >= 0.3 is 0 Å². The monoisotopic (exact) mass is 366 g/mol. The summed E-state index contributed by atoms with van der Waals surface area (Å²) in [6, 6.07) is 30.4. The Kier molecular flexibility index (Phi) is 5.16. The molecule has 1 aromatic heterocycles. The van der Waals surface area contributed by atoms with Gasteiger partial charge in [0.1, 0.15) is 11.5 Å². The van der Waals surface area contributed by atoms with Crippen molar-refractivity contribution in [3.8, 4) is 0 Å². The summed E-state index contributed by atoms with van der Waals surface area (Å²) in [5.41, 5.74) is 7.60. The average Bonchev–Trinajstić information content (AvgIpc) is 3.15. The van der Waals surface area contributed by atoms with Crippen molar-refractivity contribution in [3.05, 3.63) is 130 Å². The van der Waals surface area contributed by atoms with Crippen LogP contribution in [0.5, 0.6) is 0 Å². The molecular formula is C27H26O. The predicted octanol–water partition coefficient (Wildman–Crippen LogP) is 6.98. The summed E-state index contributed by atoms with van der Waals surface area (Å²) in [7, 11) is 0. The normalized spacial score (nSPS) is 11.1. The van der Waals surface area contributed by atoms with E-state index in [-0.39, 0.29) is 5.92 Å². The minimum Gasteiger partial charge on any atom is -0.465 e. The summed E-state index contributed by atoms with van der Waals surface area (Å²) in [5.74, 6) is 2.10. The molecular weight excluding hydrogens is 340 g/mol. The quantitative estimate of drug-likeness (QED) is 0.371. The van der Waals surface area contributed by atoms with Crippen LogP contribution in [0.2, 0.25) is 0 Å². The summed E-state index contributed by atoms with van der Waals surface area (Å²) >= 11 is 0. The lowest BCUT2D eigenvalue weighted by Gasteiger charge is -2.16. The molecule has 0 spiro atoms. The molecule has 0 unspecified atom stereocenters. The van der Waals surface area contributed by atoms with Gasteiger partial charge < -0.3 is 4.42 Å². The van der Waals surface area contributed by atoms with Crippen molar-refractivity contribution in [2.24, 2.45) is 0 Å². The molecule has 0 bridgehead atoms. The number of rotatable bonds is 5. The Morgan fingerprint density at radius 1 is 0.571 bits per heavy atom. The molecule has 0 aliphatic carbocycles. The SMILES string of the molecule is Cc1ccc(Cc2ccc(C(c3ccc(C)cc3)c3ccc(C)cc3)o2)cc1. The van der Waals surface area contributed by atoms with Crippen molar-refractivity contribution < 1.29 is 4.42 Å². The summed E-state index contributed by atoms with van der Waals surface area (Å²) < 4.78 is 6.35. The molecule has 0 N–H and O–H groups in total. The lowest BCUT2D eigenvalue weighted by atomic mass is 9.88. The van der Waals surface area contributed by atoms with Gasteiger partial charge in [0.25, 0.3) is 0 Å². The highest BCUT2D eigenvalue weighted by Crippen LogP contribution is 2.33. The fraction of sp³-hybridized carbons (Fsp3) is 0.185. The van der Waals surface area contributed by atoms with Gasteiger partial charge in [-0.2, -0.15) is 0 Å². The third-order valence-corrected chi connectivity index (χ3v) is 5.29. The van der Waals surface area contributed by atoms with E-state index in [1.165, 1.54) is 33.4 Å². The van der Waals surface area contributed by atoms with Gasteiger partial charge in [0.2, 0.25) is 0 Å². The fourth-order valence-electron chi connectivity index (χ4n) is 3.59. The predicted molar refractivity (Wildman–Crippen MR) is 116 cm³/mol. The van der Waals surface area contributed by atoms with Gasteiger partial charge in [-0.05, 0) is 49.6 Å². The standard InChI is InChI=1S/C27H26O/c1-19-4-10-22(11-5-19)18-25-16-17-26(28-25)27(23-12-6-20(2)7-13-23)24-14-8-21(3)9-15-24/h4-17,27H,18H2,1-3H3. The zero-order valence-electron chi connectivity index (χ0n) is 16.8. The van der Waals surface area contributed by atoms with Gasteiger partial charge in [-0.1, -0.05) is 89.5 Å². The second-order valence-electron chi connectivity index (χ2n) is 7.72. The van der Waals surface area contributed by atoms with Crippen LogP contribution in [0.25, 0.3) is 0 Å². The molecule has 0 aliphatic rings. The molecule has 140 valence electrons. The molecule has 4 rings (SSSR count). The maximum absolute atomic E-state index is 6.35. The van der Waals surface area contributed by atoms with Gasteiger partial charge in [0.05, 0.1) is 5.92 Å². The summed E-state index contributed by atoms with van der Waals surface area (Å²) in [6.07, 6.45) is 0.814. The zero-order valence-corrected chi connectivity index (χ0v) is 16.8. The van der Waals surface area contributed by atoms with E-state index in [0.29, 0.717) is 0 Å². The molecule has 0 amide bonds. The maximum atomic E-state index is 6.35. The summed E-state index contributed by atoms with van der Waals surface area (Å²) in [4.78, 5) is 0. The van der Waals surface area contributed by atoms with E-state index >= 15 is 0 Å². The molecule has 1 nitrogen and oxygen atoms in total. The Morgan fingerprint density at radius 3 is 1.54 bits per heavy atom. The molecule has 1 heterocycles. The average molecular weight is 367 g/mol. The van der Waals surface area contributed by atoms with E-state index in [0.717, 1.165) is 17.9 Å². The topological polar surface area (TPSA) is 13.1 Å². The number of furan rings is 1. The highest BCUT2D eigenvalue weighted by Gasteiger charge is 2.20. The van der Waals surface area contributed by atoms with Crippen LogP contribution in [0.3, 0.4) is 0 Å². The van der Waals surface area contributed by atoms with Crippen LogP contribution in [-0.4, -0.2) is 0 Å². The Labute approximate surface area is 167 Å². The highest BCUT2D eigenvalue weighted by molar-refractivity contribution is 5.41. The summed E-state index contributed by atoms with van der Waals surface area (Å²) in [6.45, 7) is 6.36. The third-order valence-electron chi connectivity index (χ3n) is 5.29. The Morgan fingerprint density at radius 2 is 1.04 bits per heavy atom. The van der Waals surface area contributed by atoms with E-state index in [1.807, 2.05) is 0 Å². The minimum absolute atomic E-state index is 0.105. The first-order valence-electron chi connectivity index (χ1n) is 9.86. The zero-order chi connectivity index (χ0) is 19.5. The molecule has 1 heteroatoms. The van der Waals surface area contributed by atoms with Crippen molar-refractivity contribution in [1.82, 2.24) is 0 Å². The summed E-state index contributed by atoms with van der Waals surface area (Å²) in [5, 5.41) is 0. The molecule has 0 aliphatic heterocycles. The van der Waals surface area contributed by atoms with Crippen LogP contribution in [0.4, 0.5) is 0 Å². The van der Waals surface area contributed by atoms with E-state index in [4.69, 9.17) is 4.42 Å². The van der Waals surface area contributed by atoms with Gasteiger partial charge in [-0.15, -0.1) is 0 Å². The molecule has 3 aromatic carbocycles. The van der Waals surface area contributed by atoms with Crippen molar-refractivity contribution >= 4 is 0 Å². The van der Waals surface area contributed by atoms with Crippen molar-refractivity contribution in [3.63, 3.8) is 0 Å². The first-order chi connectivity index (χ1) is 13.6. The molecule has 4 aromatic rings. The molecule has 0 radical (unpaired) electrons. The second-order valence-corrected chi connectivity index (χ2v) is 7.72. The van der Waals surface area contributed by atoms with Gasteiger partial charge in [0, 0.05) is 6.42 Å². The molecule has 0 fully saturated rings. The van der Waals surface area contributed by atoms with Gasteiger partial charge in [-0.3, -0.25) is 0 Å². The molecule has 28 heavy (non-hydrogen) atoms. The van der Waals surface area contributed by atoms with Crippen LogP contribution in [0.15, 0.2) is 89.3 Å². The van der Waals surface area contributed by atoms with Gasteiger partial charge in [0.15, 0.2) is 0 Å². The Hall–Kier alpha value is -3.06. The van der Waals surface area contributed by atoms with Crippen LogP contribution in [0.1, 0.15) is 50.8 Å². The van der Waals surface area contributed by atoms with Gasteiger partial charge in [-0.25, -0.2) is 0 Å². The van der Waals surface area contributed by atoms with E-state index in [9.17, 15) is 0 Å². The molecule has 0 saturated heterocycles. The smallest absolute Gasteiger partial charge is 0.116 e. The lowest BCUT2D eigenvalue weighted by molar-refractivity contribution is 0.468. The second kappa shape index (κ2) is 7.90. The Balaban J connectivity index is 1.68. The first kappa shape index (κ1) is 18.3. The van der Waals surface area contributed by atoms with Crippen LogP contribution < -0.4 is 0 Å². The fourth-order valence-corrected chi connectivity index (χ4v) is 3.59. The van der Waals surface area contributed by atoms with Crippen LogP contribution in [0, 0.1) is 20.8 Å². The number of hydrogen-bond acceptors (Lipinski definition) is 1. The first-order valence-corrected chi connectivity index (χ1v) is 9.86. The number of benzene rings is 3. The van der Waals surface area contributed by atoms with Crippen molar-refractivity contribution in [1.29, 1.82) is 0 Å². The molecule has 0 saturated carbocycles. The van der Waals surface area contributed by atoms with E-state index < -0.39 is 0 Å². The van der Waals surface area contributed by atoms with Crippen molar-refractivity contribution in [2.75, 3.05) is 0 Å². The van der Waals surface area contributed by atoms with Crippen LogP contribution in [-0.2, 0) is 6.42 Å². The highest BCUT2D eigenvalue weighted by atomic mass is 16.3. The molecule has 0 atom stereocenters. The number of hydrogen-bond donors (Lipinski definition) is 0. The third kappa shape index (κ3) is 4.09. The maximum Gasteiger partial charge on any atom is 0.116 e. The lowest BCUT2D eigenvalue weighted by Crippen LogP contribution is -2.02. The number of aryl methyl sites for hydroxylation is 3. The Bertz CT molecular complexity index is 989. The van der Waals surface area contributed by atoms with E-state index in [1.54, 1.807) is 0 Å². The van der Waals surface area contributed by atoms with Crippen molar-refractivity contribution in [2.45, 2.75) is 33.1 Å². The largest absolute Gasteiger partial charge is 0.465 e.